The van der Waals surface area contributed by atoms with Gasteiger partial charge in [-0.2, -0.15) is 0 Å². The summed E-state index contributed by atoms with van der Waals surface area (Å²) in [6.07, 6.45) is 5.24. The molecule has 0 aromatic heterocycles. The van der Waals surface area contributed by atoms with Gasteiger partial charge in [-0.05, 0) is 37.2 Å². The average molecular weight is 409 g/mol. The van der Waals surface area contributed by atoms with Crippen molar-refractivity contribution in [3.63, 3.8) is 0 Å². The SMILES string of the molecule is CC(C)[C@@H](Br)C(=O)NC1(C(=O)NCCCc2ccccc2)CCCC1. The fourth-order valence-corrected chi connectivity index (χ4v) is 3.42. The maximum atomic E-state index is 12.8. The summed E-state index contributed by atoms with van der Waals surface area (Å²) in [6, 6.07) is 10.3. The van der Waals surface area contributed by atoms with Crippen LogP contribution in [0.3, 0.4) is 0 Å². The van der Waals surface area contributed by atoms with Crippen LogP contribution in [0.2, 0.25) is 0 Å². The van der Waals surface area contributed by atoms with Crippen molar-refractivity contribution in [2.24, 2.45) is 5.92 Å². The van der Waals surface area contributed by atoms with Gasteiger partial charge < -0.3 is 10.6 Å². The molecule has 0 spiro atoms. The van der Waals surface area contributed by atoms with Crippen molar-refractivity contribution < 1.29 is 9.59 Å². The number of carbonyl (C=O) groups excluding carboxylic acids is 2. The summed E-state index contributed by atoms with van der Waals surface area (Å²) in [7, 11) is 0. The first-order valence-corrected chi connectivity index (χ1v) is 10.1. The second-order valence-corrected chi connectivity index (χ2v) is 8.26. The van der Waals surface area contributed by atoms with Gasteiger partial charge in [-0.25, -0.2) is 0 Å². The summed E-state index contributed by atoms with van der Waals surface area (Å²) >= 11 is 3.43. The van der Waals surface area contributed by atoms with Crippen LogP contribution in [0, 0.1) is 5.92 Å². The van der Waals surface area contributed by atoms with Crippen molar-refractivity contribution in [3.05, 3.63) is 35.9 Å². The highest BCUT2D eigenvalue weighted by atomic mass is 79.9. The Morgan fingerprint density at radius 2 is 1.80 bits per heavy atom. The minimum Gasteiger partial charge on any atom is -0.354 e. The molecule has 1 aromatic rings. The van der Waals surface area contributed by atoms with Crippen LogP contribution in [0.4, 0.5) is 0 Å². The summed E-state index contributed by atoms with van der Waals surface area (Å²) in [5.41, 5.74) is 0.546. The molecule has 4 nitrogen and oxygen atoms in total. The molecular formula is C20H29BrN2O2. The van der Waals surface area contributed by atoms with Crippen LogP contribution in [0.15, 0.2) is 30.3 Å². The molecule has 1 aliphatic carbocycles. The highest BCUT2D eigenvalue weighted by molar-refractivity contribution is 9.10. The summed E-state index contributed by atoms with van der Waals surface area (Å²) in [5, 5.41) is 6.07. The van der Waals surface area contributed by atoms with Crippen molar-refractivity contribution in [1.29, 1.82) is 0 Å². The number of halogens is 1. The van der Waals surface area contributed by atoms with E-state index in [0.29, 0.717) is 6.54 Å². The third kappa shape index (κ3) is 5.56. The zero-order valence-electron chi connectivity index (χ0n) is 15.2. The zero-order valence-corrected chi connectivity index (χ0v) is 16.8. The minimum atomic E-state index is -0.731. The Morgan fingerprint density at radius 1 is 1.16 bits per heavy atom. The standard InChI is InChI=1S/C20H29BrN2O2/c1-15(2)17(21)18(24)23-20(12-6-7-13-20)19(25)22-14-8-11-16-9-4-3-5-10-16/h3-5,9-10,15,17H,6-8,11-14H2,1-2H3,(H,22,25)(H,23,24)/t17-/m1/s1. The minimum absolute atomic E-state index is 0.0325. The molecule has 1 saturated carbocycles. The molecule has 0 aliphatic heterocycles. The molecule has 1 aromatic carbocycles. The summed E-state index contributed by atoms with van der Waals surface area (Å²) < 4.78 is 0. The number of aryl methyl sites for hydroxylation is 1. The molecule has 0 saturated heterocycles. The third-order valence-electron chi connectivity index (χ3n) is 4.86. The van der Waals surface area contributed by atoms with Gasteiger partial charge >= 0.3 is 0 Å². The van der Waals surface area contributed by atoms with Crippen molar-refractivity contribution in [3.8, 4) is 0 Å². The first kappa shape index (κ1) is 20.0. The lowest BCUT2D eigenvalue weighted by Crippen LogP contribution is -2.59. The Labute approximate surface area is 159 Å². The second-order valence-electron chi connectivity index (χ2n) is 7.27. The predicted molar refractivity (Wildman–Crippen MR) is 105 cm³/mol. The van der Waals surface area contributed by atoms with E-state index < -0.39 is 5.54 Å². The molecule has 0 unspecified atom stereocenters. The zero-order chi connectivity index (χ0) is 18.3. The van der Waals surface area contributed by atoms with Gasteiger partial charge in [0.05, 0.1) is 4.83 Å². The van der Waals surface area contributed by atoms with Crippen LogP contribution in [0.25, 0.3) is 0 Å². The van der Waals surface area contributed by atoms with Gasteiger partial charge in [0.15, 0.2) is 0 Å². The molecule has 2 rings (SSSR count). The monoisotopic (exact) mass is 408 g/mol. The second kappa shape index (κ2) is 9.37. The van der Waals surface area contributed by atoms with Crippen molar-refractivity contribution >= 4 is 27.7 Å². The van der Waals surface area contributed by atoms with Crippen molar-refractivity contribution in [2.75, 3.05) is 6.54 Å². The molecular weight excluding hydrogens is 380 g/mol. The number of carbonyl (C=O) groups is 2. The molecule has 5 heteroatoms. The predicted octanol–water partition coefficient (Wildman–Crippen LogP) is 3.58. The van der Waals surface area contributed by atoms with Gasteiger partial charge in [0.25, 0.3) is 0 Å². The number of hydrogen-bond donors (Lipinski definition) is 2. The smallest absolute Gasteiger partial charge is 0.245 e. The molecule has 0 heterocycles. The third-order valence-corrected chi connectivity index (χ3v) is 6.33. The fraction of sp³-hybridized carbons (Fsp3) is 0.600. The molecule has 1 atom stereocenters. The summed E-state index contributed by atoms with van der Waals surface area (Å²) in [4.78, 5) is 24.9. The average Bonchev–Trinajstić information content (AvgIpc) is 3.08. The van der Waals surface area contributed by atoms with Gasteiger partial charge in [-0.15, -0.1) is 0 Å². The van der Waals surface area contributed by atoms with Crippen LogP contribution in [0.5, 0.6) is 0 Å². The quantitative estimate of drug-likeness (QED) is 0.509. The van der Waals surface area contributed by atoms with Crippen molar-refractivity contribution in [1.82, 2.24) is 10.6 Å². The number of amides is 2. The molecule has 2 N–H and O–H groups in total. The van der Waals surface area contributed by atoms with E-state index in [1.165, 1.54) is 5.56 Å². The van der Waals surface area contributed by atoms with Crippen LogP contribution >= 0.6 is 15.9 Å². The molecule has 25 heavy (non-hydrogen) atoms. The summed E-state index contributed by atoms with van der Waals surface area (Å²) in [6.45, 7) is 4.61. The van der Waals surface area contributed by atoms with Gasteiger partial charge in [0.1, 0.15) is 5.54 Å². The Balaban J connectivity index is 1.86. The van der Waals surface area contributed by atoms with Crippen molar-refractivity contribution in [2.45, 2.75) is 62.7 Å². The normalized spacial score (nSPS) is 17.3. The lowest BCUT2D eigenvalue weighted by molar-refractivity contribution is -0.133. The number of alkyl halides is 1. The lowest BCUT2D eigenvalue weighted by atomic mass is 9.95. The fourth-order valence-electron chi connectivity index (χ4n) is 3.30. The lowest BCUT2D eigenvalue weighted by Gasteiger charge is -2.30. The molecule has 1 aliphatic rings. The van der Waals surface area contributed by atoms with E-state index in [2.05, 4.69) is 38.7 Å². The summed E-state index contributed by atoms with van der Waals surface area (Å²) in [5.74, 6) is 0.0681. The number of hydrogen-bond acceptors (Lipinski definition) is 2. The molecule has 0 bridgehead atoms. The van der Waals surface area contributed by atoms with E-state index >= 15 is 0 Å². The van der Waals surface area contributed by atoms with E-state index in [9.17, 15) is 9.59 Å². The molecule has 0 radical (unpaired) electrons. The van der Waals surface area contributed by atoms with Gasteiger partial charge in [0, 0.05) is 6.54 Å². The van der Waals surface area contributed by atoms with Crippen LogP contribution in [-0.4, -0.2) is 28.7 Å². The van der Waals surface area contributed by atoms with Crippen LogP contribution in [-0.2, 0) is 16.0 Å². The number of benzene rings is 1. The maximum absolute atomic E-state index is 12.8. The first-order valence-electron chi connectivity index (χ1n) is 9.23. The van der Waals surface area contributed by atoms with Gasteiger partial charge in [-0.1, -0.05) is 73.0 Å². The van der Waals surface area contributed by atoms with E-state index in [0.717, 1.165) is 38.5 Å². The Kier molecular flexibility index (Phi) is 7.48. The molecule has 138 valence electrons. The van der Waals surface area contributed by atoms with Crippen LogP contribution < -0.4 is 10.6 Å². The van der Waals surface area contributed by atoms with E-state index in [1.807, 2.05) is 32.0 Å². The highest BCUT2D eigenvalue weighted by Gasteiger charge is 2.43. The largest absolute Gasteiger partial charge is 0.354 e. The Morgan fingerprint density at radius 3 is 2.40 bits per heavy atom. The molecule has 1 fully saturated rings. The topological polar surface area (TPSA) is 58.2 Å². The van der Waals surface area contributed by atoms with Gasteiger partial charge in [0.2, 0.25) is 11.8 Å². The van der Waals surface area contributed by atoms with E-state index in [4.69, 9.17) is 0 Å². The molecule has 2 amide bonds. The Bertz CT molecular complexity index is 568. The number of nitrogens with one attached hydrogen (secondary N) is 2. The first-order chi connectivity index (χ1) is 11.9. The van der Waals surface area contributed by atoms with Crippen LogP contribution in [0.1, 0.15) is 51.5 Å². The van der Waals surface area contributed by atoms with Gasteiger partial charge in [-0.3, -0.25) is 9.59 Å². The maximum Gasteiger partial charge on any atom is 0.245 e. The van der Waals surface area contributed by atoms with E-state index in [1.54, 1.807) is 0 Å². The number of rotatable bonds is 8. The highest BCUT2D eigenvalue weighted by Crippen LogP contribution is 2.30. The Hall–Kier alpha value is -1.36. The van der Waals surface area contributed by atoms with E-state index in [-0.39, 0.29) is 22.6 Å².